The number of hydrogen-bond acceptors (Lipinski definition) is 3. The molecule has 158 valence electrons. The smallest absolute Gasteiger partial charge is 0.172 e. The SMILES string of the molecule is CCCC[C@H]1C[C@H](O)[C@@]2(C)CCC3C(CC=C4CC5(CC[C@@]43C)OCCO5)C12. The lowest BCUT2D eigenvalue weighted by Crippen LogP contribution is -2.53. The molecule has 7 atom stereocenters. The van der Waals surface area contributed by atoms with Crippen molar-refractivity contribution in [1.29, 1.82) is 0 Å². The van der Waals surface area contributed by atoms with Crippen LogP contribution < -0.4 is 0 Å². The molecule has 3 nitrogen and oxygen atoms in total. The van der Waals surface area contributed by atoms with Crippen LogP contribution in [0.3, 0.4) is 0 Å². The number of allylic oxidation sites excluding steroid dienone is 1. The fourth-order valence-electron chi connectivity index (χ4n) is 8.37. The summed E-state index contributed by atoms with van der Waals surface area (Å²) in [6.45, 7) is 8.78. The largest absolute Gasteiger partial charge is 0.393 e. The van der Waals surface area contributed by atoms with E-state index in [1.807, 2.05) is 0 Å². The van der Waals surface area contributed by atoms with E-state index in [-0.39, 0.29) is 17.3 Å². The Balaban J connectivity index is 1.44. The van der Waals surface area contributed by atoms with Crippen molar-refractivity contribution < 1.29 is 14.6 Å². The molecule has 0 aromatic rings. The van der Waals surface area contributed by atoms with Gasteiger partial charge in [-0.05, 0) is 66.6 Å². The molecule has 1 N–H and O–H groups in total. The topological polar surface area (TPSA) is 38.7 Å². The zero-order valence-corrected chi connectivity index (χ0v) is 18.2. The van der Waals surface area contributed by atoms with Gasteiger partial charge in [-0.15, -0.1) is 0 Å². The summed E-state index contributed by atoms with van der Waals surface area (Å²) in [5, 5.41) is 11.0. The van der Waals surface area contributed by atoms with Crippen molar-refractivity contribution in [3.05, 3.63) is 11.6 Å². The highest BCUT2D eigenvalue weighted by atomic mass is 16.7. The number of fused-ring (bicyclic) bond motifs is 5. The van der Waals surface area contributed by atoms with Gasteiger partial charge in [0.05, 0.1) is 19.3 Å². The zero-order valence-electron chi connectivity index (χ0n) is 18.2. The molecule has 3 saturated carbocycles. The van der Waals surface area contributed by atoms with Crippen LogP contribution in [0.2, 0.25) is 0 Å². The van der Waals surface area contributed by atoms with E-state index < -0.39 is 0 Å². The van der Waals surface area contributed by atoms with Gasteiger partial charge >= 0.3 is 0 Å². The molecule has 1 spiro atoms. The molecule has 1 heterocycles. The highest BCUT2D eigenvalue weighted by molar-refractivity contribution is 5.27. The monoisotopic (exact) mass is 388 g/mol. The van der Waals surface area contributed by atoms with E-state index in [1.54, 1.807) is 5.57 Å². The Hall–Kier alpha value is -0.380. The third-order valence-electron chi connectivity index (χ3n) is 9.94. The second-order valence-electron chi connectivity index (χ2n) is 11.2. The van der Waals surface area contributed by atoms with Crippen molar-refractivity contribution in [3.8, 4) is 0 Å². The van der Waals surface area contributed by atoms with Crippen molar-refractivity contribution in [2.45, 2.75) is 96.9 Å². The Morgan fingerprint density at radius 3 is 2.68 bits per heavy atom. The number of aliphatic hydroxyl groups is 1. The summed E-state index contributed by atoms with van der Waals surface area (Å²) in [6.07, 6.45) is 14.4. The van der Waals surface area contributed by atoms with Gasteiger partial charge in [-0.25, -0.2) is 0 Å². The Kier molecular flexibility index (Phi) is 4.77. The van der Waals surface area contributed by atoms with Gasteiger partial charge in [0.15, 0.2) is 5.79 Å². The summed E-state index contributed by atoms with van der Waals surface area (Å²) >= 11 is 0. The summed E-state index contributed by atoms with van der Waals surface area (Å²) < 4.78 is 12.2. The maximum Gasteiger partial charge on any atom is 0.172 e. The third kappa shape index (κ3) is 2.72. The van der Waals surface area contributed by atoms with E-state index >= 15 is 0 Å². The van der Waals surface area contributed by atoms with Crippen molar-refractivity contribution in [3.63, 3.8) is 0 Å². The fourth-order valence-corrected chi connectivity index (χ4v) is 8.37. The molecule has 3 heteroatoms. The molecule has 5 aliphatic rings. The summed E-state index contributed by atoms with van der Waals surface area (Å²) in [7, 11) is 0. The van der Waals surface area contributed by atoms with Gasteiger partial charge in [-0.2, -0.15) is 0 Å². The third-order valence-corrected chi connectivity index (χ3v) is 9.94. The number of aliphatic hydroxyl groups excluding tert-OH is 1. The van der Waals surface area contributed by atoms with Crippen LogP contribution in [-0.2, 0) is 9.47 Å². The van der Waals surface area contributed by atoms with E-state index in [2.05, 4.69) is 26.8 Å². The molecule has 28 heavy (non-hydrogen) atoms. The maximum absolute atomic E-state index is 11.0. The van der Waals surface area contributed by atoms with Crippen LogP contribution in [-0.4, -0.2) is 30.2 Å². The Morgan fingerprint density at radius 2 is 1.93 bits per heavy atom. The van der Waals surface area contributed by atoms with Crippen molar-refractivity contribution in [1.82, 2.24) is 0 Å². The first-order valence-corrected chi connectivity index (χ1v) is 12.1. The molecular formula is C25H40O3. The Morgan fingerprint density at radius 1 is 1.14 bits per heavy atom. The first kappa shape index (κ1) is 19.6. The number of rotatable bonds is 3. The molecule has 0 aromatic heterocycles. The van der Waals surface area contributed by atoms with E-state index in [0.717, 1.165) is 50.2 Å². The lowest BCUT2D eigenvalue weighted by molar-refractivity contribution is -0.186. The molecular weight excluding hydrogens is 348 g/mol. The van der Waals surface area contributed by atoms with Crippen molar-refractivity contribution in [2.24, 2.45) is 34.5 Å². The molecule has 4 aliphatic carbocycles. The minimum atomic E-state index is -0.311. The van der Waals surface area contributed by atoms with E-state index in [1.165, 1.54) is 44.9 Å². The first-order chi connectivity index (χ1) is 13.4. The van der Waals surface area contributed by atoms with E-state index in [9.17, 15) is 5.11 Å². The van der Waals surface area contributed by atoms with Gasteiger partial charge in [0.2, 0.25) is 0 Å². The Bertz CT molecular complexity index is 636. The molecule has 0 aromatic carbocycles. The molecule has 1 saturated heterocycles. The van der Waals surface area contributed by atoms with Crippen LogP contribution in [0.5, 0.6) is 0 Å². The molecule has 4 fully saturated rings. The molecule has 5 rings (SSSR count). The molecule has 1 aliphatic heterocycles. The predicted molar refractivity (Wildman–Crippen MR) is 111 cm³/mol. The summed E-state index contributed by atoms with van der Waals surface area (Å²) in [6, 6.07) is 0. The molecule has 0 bridgehead atoms. The second-order valence-corrected chi connectivity index (χ2v) is 11.2. The summed E-state index contributed by atoms with van der Waals surface area (Å²) in [5.41, 5.74) is 2.08. The lowest BCUT2D eigenvalue weighted by Gasteiger charge is -2.59. The van der Waals surface area contributed by atoms with Crippen molar-refractivity contribution in [2.75, 3.05) is 13.2 Å². The fraction of sp³-hybridized carbons (Fsp3) is 0.920. The average Bonchev–Trinajstić information content (AvgIpc) is 3.23. The van der Waals surface area contributed by atoms with Crippen LogP contribution in [0, 0.1) is 34.5 Å². The normalized spacial score (nSPS) is 49.4. The highest BCUT2D eigenvalue weighted by Crippen LogP contribution is 2.67. The number of hydrogen-bond donors (Lipinski definition) is 1. The van der Waals surface area contributed by atoms with Gasteiger partial charge < -0.3 is 14.6 Å². The standard InChI is InChI=1S/C25H40O3/c1-4-5-6-17-15-21(26)24(3)10-9-20-19(22(17)24)8-7-18-16-25(27-13-14-28-25)12-11-23(18,20)2/h7,17,19-22,26H,4-6,8-16H2,1-3H3/t17-,19?,20?,21-,22?,23-,24+/m0/s1. The van der Waals surface area contributed by atoms with E-state index in [4.69, 9.17) is 9.47 Å². The first-order valence-electron chi connectivity index (χ1n) is 12.1. The van der Waals surface area contributed by atoms with Crippen LogP contribution in [0.15, 0.2) is 11.6 Å². The van der Waals surface area contributed by atoms with Crippen LogP contribution >= 0.6 is 0 Å². The van der Waals surface area contributed by atoms with Gasteiger partial charge in [0.1, 0.15) is 0 Å². The molecule has 3 unspecified atom stereocenters. The van der Waals surface area contributed by atoms with Crippen molar-refractivity contribution >= 4 is 0 Å². The van der Waals surface area contributed by atoms with Crippen LogP contribution in [0.25, 0.3) is 0 Å². The van der Waals surface area contributed by atoms with Gasteiger partial charge in [-0.3, -0.25) is 0 Å². The van der Waals surface area contributed by atoms with Gasteiger partial charge in [-0.1, -0.05) is 51.7 Å². The number of unbranched alkanes of at least 4 members (excludes halogenated alkanes) is 1. The minimum absolute atomic E-state index is 0.0894. The van der Waals surface area contributed by atoms with Crippen LogP contribution in [0.1, 0.15) is 85.0 Å². The minimum Gasteiger partial charge on any atom is -0.393 e. The number of ether oxygens (including phenoxy) is 2. The predicted octanol–water partition coefficient (Wildman–Crippen LogP) is 5.47. The average molecular weight is 389 g/mol. The molecule has 0 amide bonds. The van der Waals surface area contributed by atoms with Gasteiger partial charge in [0.25, 0.3) is 0 Å². The maximum atomic E-state index is 11.0. The lowest BCUT2D eigenvalue weighted by atomic mass is 9.47. The van der Waals surface area contributed by atoms with Gasteiger partial charge in [0, 0.05) is 12.8 Å². The van der Waals surface area contributed by atoms with E-state index in [0.29, 0.717) is 11.3 Å². The second kappa shape index (κ2) is 6.82. The quantitative estimate of drug-likeness (QED) is 0.652. The highest BCUT2D eigenvalue weighted by Gasteiger charge is 2.62. The zero-order chi connectivity index (χ0) is 19.6. The van der Waals surface area contributed by atoms with Crippen LogP contribution in [0.4, 0.5) is 0 Å². The molecule has 0 radical (unpaired) electrons. The summed E-state index contributed by atoms with van der Waals surface area (Å²) in [5.74, 6) is 2.65. The summed E-state index contributed by atoms with van der Waals surface area (Å²) in [4.78, 5) is 0. The Labute approximate surface area is 171 Å².